The van der Waals surface area contributed by atoms with E-state index in [9.17, 15) is 30.6 Å². The zero-order valence-corrected chi connectivity index (χ0v) is 46.5. The van der Waals surface area contributed by atoms with Crippen molar-refractivity contribution in [3.05, 3.63) is 199 Å². The lowest BCUT2D eigenvalue weighted by Crippen LogP contribution is -2.46. The topological polar surface area (TPSA) is 266 Å². The van der Waals surface area contributed by atoms with Crippen LogP contribution in [0.2, 0.25) is 0 Å². The van der Waals surface area contributed by atoms with Crippen LogP contribution < -0.4 is 0 Å². The number of nitriles is 4. The lowest BCUT2D eigenvalue weighted by atomic mass is 9.77. The van der Waals surface area contributed by atoms with E-state index < -0.39 is 71.0 Å². The minimum atomic E-state index is -2.88. The van der Waals surface area contributed by atoms with Gasteiger partial charge >= 0.3 is 23.9 Å². The number of hydrogen-bond acceptors (Lipinski definition) is 20. The zero-order valence-electron chi connectivity index (χ0n) is 43.2. The summed E-state index contributed by atoms with van der Waals surface area (Å²) in [6.07, 6.45) is 1.20. The first-order valence-corrected chi connectivity index (χ1v) is 28.3. The van der Waals surface area contributed by atoms with Gasteiger partial charge in [0.1, 0.15) is 65.8 Å². The van der Waals surface area contributed by atoms with Gasteiger partial charge in [-0.05, 0) is 77.3 Å². The summed E-state index contributed by atoms with van der Waals surface area (Å²) in [4.78, 5) is 104. The molecule has 0 unspecified atom stereocenters. The molecule has 2 amide bonds. The third-order valence-electron chi connectivity index (χ3n) is 13.4. The van der Waals surface area contributed by atoms with Gasteiger partial charge in [-0.15, -0.1) is 22.7 Å². The van der Waals surface area contributed by atoms with Crippen LogP contribution in [0.3, 0.4) is 0 Å². The van der Waals surface area contributed by atoms with Gasteiger partial charge in [0.25, 0.3) is 11.8 Å². The zero-order chi connectivity index (χ0) is 57.7. The quantitative estimate of drug-likeness (QED) is 0.0377. The van der Waals surface area contributed by atoms with Crippen LogP contribution in [0.25, 0.3) is 15.0 Å². The lowest BCUT2D eigenvalue weighted by molar-refractivity contribution is -0.167. The summed E-state index contributed by atoms with van der Waals surface area (Å²) in [5.41, 5.74) is -5.42. The molecular weight excluding hydrogens is 1120 g/mol. The van der Waals surface area contributed by atoms with Gasteiger partial charge in [-0.2, -0.15) is 21.0 Å². The molecule has 82 heavy (non-hydrogen) atoms. The highest BCUT2D eigenvalue weighted by atomic mass is 32.2. The molecule has 4 aliphatic rings. The van der Waals surface area contributed by atoms with Gasteiger partial charge in [0.15, 0.2) is 21.2 Å². The average Bonchev–Trinajstić information content (AvgIpc) is 2.03. The van der Waals surface area contributed by atoms with Gasteiger partial charge in [0, 0.05) is 33.8 Å². The number of nitrogens with zero attached hydrogens (tertiary/aromatic N) is 8. The van der Waals surface area contributed by atoms with E-state index in [0.29, 0.717) is 38.7 Å². The number of hydrogen-bond donors (Lipinski definition) is 0. The molecule has 4 aromatic carbocycles. The van der Waals surface area contributed by atoms with Crippen molar-refractivity contribution in [2.75, 3.05) is 13.1 Å². The highest BCUT2D eigenvalue weighted by Crippen LogP contribution is 2.66. The molecule has 2 fully saturated rings. The fourth-order valence-corrected chi connectivity index (χ4v) is 14.5. The Labute approximate surface area is 484 Å². The number of thiophene rings is 2. The standard InChI is InChI=1S/C60H40N8O10S4/c1-3-67-51(69)49(81-53(67)39(27-61)28-62)65-43-25-41-45(60(43,57(73)77-33-37-21-13-7-14-22-37)58(74)78-34-38-23-15-8-16-24-38)48-46(47-42(79-48)26-44(80-47)66-50-52(70)68(4-2)54(82-50)40(29-63)30-64)59(41,55(71)75-31-35-17-9-5-10-18-35)56(72)76-32-36-19-11-6-12-20-36/h5-26H,3-4,31-34H2,1-2H3. The van der Waals surface area contributed by atoms with Crippen molar-refractivity contribution in [3.63, 3.8) is 0 Å². The van der Waals surface area contributed by atoms with E-state index in [1.807, 2.05) is 24.3 Å². The van der Waals surface area contributed by atoms with Gasteiger partial charge in [-0.1, -0.05) is 121 Å². The Morgan fingerprint density at radius 1 is 0.537 bits per heavy atom. The molecule has 0 N–H and O–H groups in total. The number of thioether (sulfide) groups is 2. The molecule has 2 aliphatic carbocycles. The fraction of sp³-hybridized carbons (Fsp3) is 0.167. The van der Waals surface area contributed by atoms with Gasteiger partial charge in [-0.25, -0.2) is 9.98 Å². The van der Waals surface area contributed by atoms with E-state index in [4.69, 9.17) is 28.9 Å². The molecule has 6 aromatic rings. The number of aliphatic imine (C=N–C) groups is 2. The van der Waals surface area contributed by atoms with E-state index in [0.717, 1.165) is 39.3 Å². The van der Waals surface area contributed by atoms with Crippen LogP contribution in [-0.2, 0) is 79.6 Å². The molecule has 0 atom stereocenters. The maximum atomic E-state index is 16.0. The normalized spacial score (nSPS) is 16.5. The molecular formula is C60H40N8O10S4. The Morgan fingerprint density at radius 2 is 0.915 bits per heavy atom. The van der Waals surface area contributed by atoms with E-state index >= 15 is 19.2 Å². The molecule has 0 bridgehead atoms. The average molecular weight is 1160 g/mol. The van der Waals surface area contributed by atoms with Crippen molar-refractivity contribution >= 4 is 112 Å². The summed E-state index contributed by atoms with van der Waals surface area (Å²) < 4.78 is 25.4. The monoisotopic (exact) mass is 1160 g/mol. The van der Waals surface area contributed by atoms with Crippen LogP contribution >= 0.6 is 46.2 Å². The Morgan fingerprint density at radius 3 is 1.29 bits per heavy atom. The number of carbonyl (C=O) groups is 6. The molecule has 18 nitrogen and oxygen atoms in total. The summed E-state index contributed by atoms with van der Waals surface area (Å²) in [6, 6.07) is 43.3. The Bertz CT molecular complexity index is 3900. The molecule has 404 valence electrons. The van der Waals surface area contributed by atoms with E-state index in [-0.39, 0.29) is 83.3 Å². The Hall–Kier alpha value is -9.68. The number of ether oxygens (including phenoxy) is 4. The maximum Gasteiger partial charge on any atom is 0.334 e. The van der Waals surface area contributed by atoms with Crippen molar-refractivity contribution < 1.29 is 47.7 Å². The minimum absolute atomic E-state index is 0.0288. The smallest absolute Gasteiger partial charge is 0.334 e. The van der Waals surface area contributed by atoms with Crippen LogP contribution in [0.4, 0.5) is 5.00 Å². The second-order valence-electron chi connectivity index (χ2n) is 18.1. The van der Waals surface area contributed by atoms with E-state index in [1.165, 1.54) is 11.0 Å². The first-order chi connectivity index (χ1) is 39.9. The summed E-state index contributed by atoms with van der Waals surface area (Å²) in [5.74, 6) is -6.34. The second-order valence-corrected chi connectivity index (χ2v) is 22.1. The summed E-state index contributed by atoms with van der Waals surface area (Å²) in [5, 5.41) is 39.3. The number of esters is 4. The number of benzene rings is 4. The number of amides is 2. The van der Waals surface area contributed by atoms with Gasteiger partial charge in [0.05, 0.1) is 10.4 Å². The third kappa shape index (κ3) is 9.73. The fourth-order valence-electron chi connectivity index (χ4n) is 9.60. The minimum Gasteiger partial charge on any atom is -0.459 e. The van der Waals surface area contributed by atoms with E-state index in [1.54, 1.807) is 141 Å². The first kappa shape index (κ1) is 55.6. The molecule has 0 spiro atoms. The Kier molecular flexibility index (Phi) is 16.0. The number of fused-ring (bicyclic) bond motifs is 4. The maximum absolute atomic E-state index is 16.0. The van der Waals surface area contributed by atoms with Gasteiger partial charge in [-0.3, -0.25) is 38.6 Å². The molecule has 0 saturated carbocycles. The molecule has 4 heterocycles. The second kappa shape index (κ2) is 23.6. The van der Waals surface area contributed by atoms with Crippen molar-refractivity contribution in [1.29, 1.82) is 21.0 Å². The highest BCUT2D eigenvalue weighted by molar-refractivity contribution is 8.20. The van der Waals surface area contributed by atoms with Crippen molar-refractivity contribution in [2.45, 2.75) is 45.7 Å². The SMILES string of the molecule is CCN1C(=O)C(=NC2=CC3=C(c4sc5cc(N=C6SC(=C(C#N)C#N)N(CC)C6=O)sc5c4C3(C(=O)OCc3ccccc3)C(=O)OCc3ccccc3)C2(C(=O)OCc2ccccc2)C(=O)OCc2ccccc2)SC1=C(C#N)C#N. The van der Waals surface area contributed by atoms with Crippen molar-refractivity contribution in [2.24, 2.45) is 15.4 Å². The molecule has 10 rings (SSSR count). The van der Waals surface area contributed by atoms with Crippen LogP contribution in [-0.4, -0.2) is 68.7 Å². The predicted octanol–water partition coefficient (Wildman–Crippen LogP) is 9.96. The number of carbonyl (C=O) groups excluding carboxylic acids is 6. The molecule has 2 aliphatic heterocycles. The van der Waals surface area contributed by atoms with Crippen molar-refractivity contribution in [1.82, 2.24) is 9.80 Å². The third-order valence-corrected chi connectivity index (χ3v) is 17.9. The molecule has 22 heteroatoms. The lowest BCUT2D eigenvalue weighted by Gasteiger charge is -2.29. The number of allylic oxidation sites excluding steroid dienone is 3. The number of rotatable bonds is 16. The van der Waals surface area contributed by atoms with Crippen LogP contribution in [0.15, 0.2) is 176 Å². The predicted molar refractivity (Wildman–Crippen MR) is 305 cm³/mol. The summed E-state index contributed by atoms with van der Waals surface area (Å²) in [7, 11) is 0. The molecule has 2 saturated heterocycles. The largest absolute Gasteiger partial charge is 0.459 e. The summed E-state index contributed by atoms with van der Waals surface area (Å²) in [6.45, 7) is 1.79. The van der Waals surface area contributed by atoms with Crippen molar-refractivity contribution in [3.8, 4) is 24.3 Å². The Balaban J connectivity index is 1.27. The highest BCUT2D eigenvalue weighted by Gasteiger charge is 2.71. The first-order valence-electron chi connectivity index (χ1n) is 25.0. The molecule has 0 radical (unpaired) electrons. The van der Waals surface area contributed by atoms with Crippen LogP contribution in [0.1, 0.15) is 46.5 Å². The van der Waals surface area contributed by atoms with Crippen LogP contribution in [0.5, 0.6) is 0 Å². The van der Waals surface area contributed by atoms with Crippen LogP contribution in [0, 0.1) is 50.7 Å². The van der Waals surface area contributed by atoms with Gasteiger partial charge in [0.2, 0.25) is 10.8 Å². The van der Waals surface area contributed by atoms with E-state index in [2.05, 4.69) is 0 Å². The summed E-state index contributed by atoms with van der Waals surface area (Å²) >= 11 is 3.40. The van der Waals surface area contributed by atoms with Gasteiger partial charge < -0.3 is 18.9 Å². The molecule has 2 aromatic heterocycles.